The van der Waals surface area contributed by atoms with Gasteiger partial charge in [-0.05, 0) is 73.8 Å². The third-order valence-corrected chi connectivity index (χ3v) is 6.23. The highest BCUT2D eigenvalue weighted by molar-refractivity contribution is 5.41. The quantitative estimate of drug-likeness (QED) is 0.718. The van der Waals surface area contributed by atoms with Crippen LogP contribution in [0.1, 0.15) is 49.1 Å². The van der Waals surface area contributed by atoms with Crippen LogP contribution in [0.25, 0.3) is 0 Å². The number of aryl methyl sites for hydroxylation is 1. The first-order valence-electron chi connectivity index (χ1n) is 10.3. The minimum Gasteiger partial charge on any atom is -0.497 e. The number of benzene rings is 1. The predicted octanol–water partition coefficient (Wildman–Crippen LogP) is 4.78. The lowest BCUT2D eigenvalue weighted by Gasteiger charge is -2.33. The van der Waals surface area contributed by atoms with Gasteiger partial charge >= 0.3 is 0 Å². The van der Waals surface area contributed by atoms with Crippen LogP contribution in [-0.2, 0) is 11.2 Å². The van der Waals surface area contributed by atoms with Gasteiger partial charge in [-0.1, -0.05) is 12.1 Å². The summed E-state index contributed by atoms with van der Waals surface area (Å²) in [5.74, 6) is 1.49. The van der Waals surface area contributed by atoms with Gasteiger partial charge in [0.2, 0.25) is 0 Å². The topological polar surface area (TPSA) is 21.7 Å². The molecule has 0 saturated carbocycles. The number of allylic oxidation sites excluding steroid dienone is 2. The van der Waals surface area contributed by atoms with Gasteiger partial charge in [-0.15, -0.1) is 0 Å². The summed E-state index contributed by atoms with van der Waals surface area (Å²) in [6.07, 6.45) is 10.1. The Kier molecular flexibility index (Phi) is 5.94. The van der Waals surface area contributed by atoms with Crippen molar-refractivity contribution >= 4 is 0 Å². The number of methoxy groups -OCH3 is 1. The van der Waals surface area contributed by atoms with Gasteiger partial charge in [-0.2, -0.15) is 0 Å². The summed E-state index contributed by atoms with van der Waals surface area (Å²) >= 11 is 0. The predicted molar refractivity (Wildman–Crippen MR) is 106 cm³/mol. The highest BCUT2D eigenvalue weighted by Crippen LogP contribution is 2.36. The minimum atomic E-state index is -0.0889. The van der Waals surface area contributed by atoms with E-state index in [0.29, 0.717) is 12.5 Å². The first-order chi connectivity index (χ1) is 13.2. The van der Waals surface area contributed by atoms with Crippen LogP contribution in [0.2, 0.25) is 0 Å². The summed E-state index contributed by atoms with van der Waals surface area (Å²) in [7, 11) is 1.74. The summed E-state index contributed by atoms with van der Waals surface area (Å²) in [5, 5.41) is 0. The second kappa shape index (κ2) is 8.57. The van der Waals surface area contributed by atoms with Gasteiger partial charge in [0.15, 0.2) is 0 Å². The Labute approximate surface area is 161 Å². The zero-order valence-electron chi connectivity index (χ0n) is 16.3. The molecule has 1 saturated heterocycles. The van der Waals surface area contributed by atoms with Crippen LogP contribution in [0.4, 0.5) is 4.39 Å². The molecule has 2 aliphatic carbocycles. The number of halogens is 1. The second-order valence-electron chi connectivity index (χ2n) is 7.97. The number of fused-ring (bicyclic) bond motifs is 1. The lowest BCUT2D eigenvalue weighted by atomic mass is 9.98. The van der Waals surface area contributed by atoms with Gasteiger partial charge in [0, 0.05) is 25.2 Å². The van der Waals surface area contributed by atoms with Crippen molar-refractivity contribution in [2.45, 2.75) is 50.5 Å². The number of nitrogens with zero attached hydrogens (tertiary/aromatic N) is 1. The Hall–Kier alpha value is -1.65. The van der Waals surface area contributed by atoms with Crippen LogP contribution in [0.15, 0.2) is 41.8 Å². The van der Waals surface area contributed by atoms with E-state index >= 15 is 0 Å². The fourth-order valence-electron chi connectivity index (χ4n) is 4.58. The number of piperidine rings is 1. The van der Waals surface area contributed by atoms with Crippen molar-refractivity contribution in [3.05, 3.63) is 52.9 Å². The molecule has 0 amide bonds. The van der Waals surface area contributed by atoms with Crippen LogP contribution in [-0.4, -0.2) is 44.4 Å². The van der Waals surface area contributed by atoms with E-state index in [0.717, 1.165) is 56.6 Å². The van der Waals surface area contributed by atoms with Crippen LogP contribution < -0.4 is 4.74 Å². The Morgan fingerprint density at radius 1 is 1.11 bits per heavy atom. The van der Waals surface area contributed by atoms with Crippen molar-refractivity contribution in [3.63, 3.8) is 0 Å². The second-order valence-corrected chi connectivity index (χ2v) is 7.97. The zero-order valence-corrected chi connectivity index (χ0v) is 16.3. The molecule has 1 aromatic rings. The van der Waals surface area contributed by atoms with Crippen molar-refractivity contribution in [3.8, 4) is 5.75 Å². The lowest BCUT2D eigenvalue weighted by Crippen LogP contribution is -2.39. The zero-order chi connectivity index (χ0) is 18.6. The molecular formula is C23H30FNO2. The number of hydrogen-bond donors (Lipinski definition) is 0. The summed E-state index contributed by atoms with van der Waals surface area (Å²) in [6.45, 7) is 3.67. The van der Waals surface area contributed by atoms with Crippen LogP contribution in [0.5, 0.6) is 5.75 Å². The average molecular weight is 371 g/mol. The molecule has 0 aromatic heterocycles. The number of rotatable bonds is 6. The molecule has 4 heteroatoms. The largest absolute Gasteiger partial charge is 0.497 e. The molecule has 1 atom stereocenters. The molecule has 3 nitrogen and oxygen atoms in total. The molecule has 1 heterocycles. The maximum Gasteiger partial charge on any atom is 0.124 e. The Morgan fingerprint density at radius 2 is 1.93 bits per heavy atom. The van der Waals surface area contributed by atoms with E-state index in [2.05, 4.69) is 23.1 Å². The molecule has 1 unspecified atom stereocenters. The third-order valence-electron chi connectivity index (χ3n) is 6.23. The third kappa shape index (κ3) is 4.44. The van der Waals surface area contributed by atoms with Gasteiger partial charge in [-0.3, -0.25) is 0 Å². The fourth-order valence-corrected chi connectivity index (χ4v) is 4.58. The maximum atomic E-state index is 13.8. The highest BCUT2D eigenvalue weighted by Gasteiger charge is 2.27. The van der Waals surface area contributed by atoms with E-state index in [9.17, 15) is 4.39 Å². The van der Waals surface area contributed by atoms with E-state index < -0.39 is 0 Å². The summed E-state index contributed by atoms with van der Waals surface area (Å²) in [6, 6.07) is 6.52. The van der Waals surface area contributed by atoms with E-state index in [1.165, 1.54) is 24.0 Å². The maximum absolute atomic E-state index is 13.8. The van der Waals surface area contributed by atoms with Crippen molar-refractivity contribution in [1.82, 2.24) is 4.90 Å². The molecule has 1 aliphatic heterocycles. The smallest absolute Gasteiger partial charge is 0.124 e. The minimum absolute atomic E-state index is 0.0889. The van der Waals surface area contributed by atoms with E-state index in [4.69, 9.17) is 9.47 Å². The summed E-state index contributed by atoms with van der Waals surface area (Å²) < 4.78 is 25.2. The summed E-state index contributed by atoms with van der Waals surface area (Å²) in [5.41, 5.74) is 3.69. The van der Waals surface area contributed by atoms with Gasteiger partial charge in [0.05, 0.1) is 19.8 Å². The Bertz CT molecular complexity index is 719. The molecule has 146 valence electrons. The van der Waals surface area contributed by atoms with Crippen LogP contribution in [0, 0.1) is 0 Å². The summed E-state index contributed by atoms with van der Waals surface area (Å²) in [4.78, 5) is 2.57. The molecule has 0 spiro atoms. The first-order valence-corrected chi connectivity index (χ1v) is 10.3. The molecule has 27 heavy (non-hydrogen) atoms. The fraction of sp³-hybridized carbons (Fsp3) is 0.565. The molecule has 3 aliphatic rings. The van der Waals surface area contributed by atoms with Crippen LogP contribution in [0.3, 0.4) is 0 Å². The molecule has 4 rings (SSSR count). The molecule has 0 bridgehead atoms. The van der Waals surface area contributed by atoms with E-state index in [1.54, 1.807) is 13.2 Å². The van der Waals surface area contributed by atoms with Gasteiger partial charge in [0.1, 0.15) is 11.6 Å². The Morgan fingerprint density at radius 3 is 2.70 bits per heavy atom. The number of likely N-dealkylation sites (tertiary alicyclic amines) is 1. The number of ether oxygens (including phenoxy) is 2. The van der Waals surface area contributed by atoms with Gasteiger partial charge in [0.25, 0.3) is 0 Å². The molecule has 1 fully saturated rings. The van der Waals surface area contributed by atoms with Crippen molar-refractivity contribution in [2.75, 3.05) is 33.4 Å². The van der Waals surface area contributed by atoms with Crippen LogP contribution >= 0.6 is 0 Å². The number of hydrogen-bond acceptors (Lipinski definition) is 3. The normalized spacial score (nSPS) is 23.7. The van der Waals surface area contributed by atoms with Crippen molar-refractivity contribution in [1.29, 1.82) is 0 Å². The monoisotopic (exact) mass is 371 g/mol. The Balaban J connectivity index is 1.25. The first kappa shape index (κ1) is 18.7. The van der Waals surface area contributed by atoms with Gasteiger partial charge in [-0.25, -0.2) is 4.39 Å². The highest BCUT2D eigenvalue weighted by atomic mass is 19.1. The molecule has 0 N–H and O–H groups in total. The van der Waals surface area contributed by atoms with E-state index in [-0.39, 0.29) is 11.9 Å². The van der Waals surface area contributed by atoms with E-state index in [1.807, 2.05) is 6.08 Å². The standard InChI is InChI=1S/C23H30FNO2/c1-26-21-9-8-17-6-7-18(22(17)14-21)15-25-12-10-20(11-13-25)27-16-19-4-2-3-5-23(19)24/h4-5,8-9,14,18,20H,2-3,6-7,10-13,15-16H2,1H3. The van der Waals surface area contributed by atoms with Crippen molar-refractivity contribution < 1.29 is 13.9 Å². The lowest BCUT2D eigenvalue weighted by molar-refractivity contribution is 0.0175. The SMILES string of the molecule is COc1ccc2c(c1)C(CN1CCC(OCC3=CCCC=C3F)CC1)CC2. The molecule has 0 radical (unpaired) electrons. The molecular weight excluding hydrogens is 341 g/mol. The molecule has 1 aromatic carbocycles. The average Bonchev–Trinajstić information content (AvgIpc) is 3.10. The van der Waals surface area contributed by atoms with Crippen molar-refractivity contribution in [2.24, 2.45) is 0 Å². The van der Waals surface area contributed by atoms with Gasteiger partial charge < -0.3 is 14.4 Å².